The lowest BCUT2D eigenvalue weighted by molar-refractivity contribution is 0.00578. The van der Waals surface area contributed by atoms with E-state index in [4.69, 9.17) is 133 Å². The monoisotopic (exact) mass is 2050 g/mol. The van der Waals surface area contributed by atoms with Gasteiger partial charge >= 0.3 is 21.1 Å². The van der Waals surface area contributed by atoms with Crippen LogP contribution in [0.2, 0.25) is 35.3 Å². The van der Waals surface area contributed by atoms with Crippen molar-refractivity contribution in [1.82, 2.24) is 64.7 Å². The van der Waals surface area contributed by atoms with Crippen LogP contribution in [-0.2, 0) is 37.4 Å². The van der Waals surface area contributed by atoms with E-state index in [0.29, 0.717) is 96.8 Å². The van der Waals surface area contributed by atoms with Gasteiger partial charge < -0.3 is 57.2 Å². The maximum Gasteiger partial charge on any atom is 0.488 e. The fraction of sp³-hybridized carbons (Fsp3) is 0.270. The average Bonchev–Trinajstić information content (AvgIpc) is 1.59. The lowest BCUT2D eigenvalue weighted by atomic mass is 9.49. The molecular formula is C74H76B3Br4Cl7N18O5S5. The largest absolute Gasteiger partial charge is 0.488 e. The molecule has 0 amide bonds. The SMILES string of the molecule is CC1(C)NB(c2cc(Cl)c3ncsc3c2)OC1(C)C.CC1(C)OB(B2OC(C)(C)C(C)(C)O2)OC1(C)C.Clc1cc(Br)cc2scnc12.Cn1ccc(-c2nc(N)cnc2-c2cc(Cl)c3ncsc3c2)n1.Cn1ccc(-c2nc(N)cnc2Cl)n1.Nc1c(S)cc(Br)cc1Cl.Nc1ccc(Br)cc1Cl.Nc1nc2c(Cl)cc(Br)cc2s1. The molecule has 17 rings (SSSR count). The van der Waals surface area contributed by atoms with E-state index in [-0.39, 0.29) is 40.6 Å². The van der Waals surface area contributed by atoms with Gasteiger partial charge in [0, 0.05) is 60.4 Å². The van der Waals surface area contributed by atoms with Gasteiger partial charge in [-0.05, 0) is 180 Å². The van der Waals surface area contributed by atoms with Crippen LogP contribution in [0.25, 0.3) is 74.9 Å². The Labute approximate surface area is 762 Å². The van der Waals surface area contributed by atoms with Crippen molar-refractivity contribution >= 4 is 298 Å². The molecule has 14 aromatic rings. The molecule has 0 bridgehead atoms. The molecule has 3 saturated heterocycles. The van der Waals surface area contributed by atoms with Crippen molar-refractivity contribution in [3.8, 4) is 34.0 Å². The summed E-state index contributed by atoms with van der Waals surface area (Å²) in [5.41, 5.74) is 41.0. The standard InChI is InChI=1S/C15H11ClN6S.C13H16BClN2OS.C12H24B2O4.C8H8ClN5.C7H4BrClN2S.C7H3BrClNS.C6H5BrClNS.C6H5BrClN/c1-22-3-2-10(21-22)15-13(18-6-12(17)20-15)8-4-9(16)14-11(5-8)23-7-19-14;1-12(2)13(3,4)18-14(17-12)8-5-9(15)11-10(6-8)19-7-16-11;1-9(2)10(3,4)16-13(15-9)14-17-11(5,6)12(7,8)18-14;1-14-3-2-5(13-14)7-8(9)11-4-6(10)12-7;8-3-1-4(9)6-5(2-3)12-7(10)11-6;8-4-1-5(9)7-6(2-4)11-3-10-7;7-3-1-4(8)6(9)5(10)2-3;7-4-1-2-6(9)5(8)3-4/h2-7H,1H3,(H2,17,20);5-7,17H,1-4H3;1-8H3;2-4H,1H3,(H2,10,12);1-2H,(H2,10,11);1-3H;1-2,10H,9H2;1-3H,9H2. The van der Waals surface area contributed by atoms with Gasteiger partial charge in [-0.2, -0.15) is 10.2 Å². The van der Waals surface area contributed by atoms with Crippen molar-refractivity contribution in [2.75, 3.05) is 28.7 Å². The molecule has 0 spiro atoms. The number of nitrogens with two attached hydrogens (primary N) is 5. The Kier molecular flexibility index (Phi) is 30.8. The molecule has 11 heterocycles. The molecule has 42 heteroatoms. The Morgan fingerprint density at radius 1 is 0.440 bits per heavy atom. The Bertz CT molecular complexity index is 5760. The first-order chi connectivity index (χ1) is 54.2. The van der Waals surface area contributed by atoms with Crippen LogP contribution in [0, 0.1) is 0 Å². The molecule has 11 N–H and O–H groups in total. The molecule has 0 aliphatic carbocycles. The number of nitrogens with zero attached hydrogens (tertiary/aromatic N) is 12. The minimum atomic E-state index is -0.476. The van der Waals surface area contributed by atoms with Crippen molar-refractivity contribution in [3.05, 3.63) is 185 Å². The maximum atomic E-state index is 6.34. The lowest BCUT2D eigenvalue weighted by Gasteiger charge is -2.33. The second-order valence-electron chi connectivity index (χ2n) is 28.9. The summed E-state index contributed by atoms with van der Waals surface area (Å²) < 4.78 is 41.4. The molecule has 0 unspecified atom stereocenters. The van der Waals surface area contributed by atoms with Gasteiger partial charge in [0.15, 0.2) is 10.3 Å². The maximum absolute atomic E-state index is 6.34. The molecule has 3 fully saturated rings. The highest BCUT2D eigenvalue weighted by Crippen LogP contribution is 2.44. The molecule has 3 aliphatic heterocycles. The molecule has 8 aromatic heterocycles. The number of aromatic nitrogens is 12. The Morgan fingerprint density at radius 2 is 0.879 bits per heavy atom. The molecule has 608 valence electrons. The first kappa shape index (κ1) is 93.0. The van der Waals surface area contributed by atoms with E-state index in [0.717, 1.165) is 69.8 Å². The Morgan fingerprint density at radius 3 is 1.36 bits per heavy atom. The van der Waals surface area contributed by atoms with Crippen molar-refractivity contribution in [2.45, 2.75) is 122 Å². The highest BCUT2D eigenvalue weighted by atomic mass is 79.9. The van der Waals surface area contributed by atoms with Crippen LogP contribution < -0.4 is 39.4 Å². The fourth-order valence-electron chi connectivity index (χ4n) is 10.6. The van der Waals surface area contributed by atoms with Gasteiger partial charge in [0.25, 0.3) is 0 Å². The summed E-state index contributed by atoms with van der Waals surface area (Å²) >= 11 is 65.2. The summed E-state index contributed by atoms with van der Waals surface area (Å²) in [5, 5.41) is 16.7. The number of hydrogen-bond donors (Lipinski definition) is 7. The minimum Gasteiger partial charge on any atom is -0.411 e. The quantitative estimate of drug-likeness (QED) is 0.0478. The predicted octanol–water partition coefficient (Wildman–Crippen LogP) is 22.2. The second-order valence-corrected chi connectivity index (χ2v) is 39.6. The van der Waals surface area contributed by atoms with E-state index in [1.165, 1.54) is 35.1 Å². The van der Waals surface area contributed by atoms with E-state index in [1.807, 2.05) is 136 Å². The molecule has 3 aliphatic rings. The zero-order valence-corrected chi connectivity index (χ0v) is 80.3. The molecular weight excluding hydrogens is 1980 g/mol. The van der Waals surface area contributed by atoms with E-state index < -0.39 is 14.0 Å². The van der Waals surface area contributed by atoms with E-state index >= 15 is 0 Å². The molecule has 23 nitrogen and oxygen atoms in total. The van der Waals surface area contributed by atoms with Crippen LogP contribution >= 0.6 is 203 Å². The summed E-state index contributed by atoms with van der Waals surface area (Å²) in [6.07, 6.45) is 6.60. The van der Waals surface area contributed by atoms with Crippen LogP contribution in [0.5, 0.6) is 0 Å². The third kappa shape index (κ3) is 22.9. The third-order valence-electron chi connectivity index (χ3n) is 18.8. The number of aryl methyl sites for hydroxylation is 2. The smallest absolute Gasteiger partial charge is 0.411 e. The number of hydrogen-bond acceptors (Lipinski definition) is 26. The molecule has 116 heavy (non-hydrogen) atoms. The van der Waals surface area contributed by atoms with Gasteiger partial charge in [0.05, 0.1) is 139 Å². The van der Waals surface area contributed by atoms with Gasteiger partial charge in [0.2, 0.25) is 0 Å². The third-order valence-corrected chi connectivity index (χ3v) is 26.3. The van der Waals surface area contributed by atoms with Gasteiger partial charge in [-0.3, -0.25) is 14.3 Å². The zero-order valence-electron chi connectivity index (χ0n) is 64.5. The van der Waals surface area contributed by atoms with Gasteiger partial charge in [-0.1, -0.05) is 156 Å². The predicted molar refractivity (Wildman–Crippen MR) is 504 cm³/mol. The summed E-state index contributed by atoms with van der Waals surface area (Å²) in [4.78, 5) is 34.3. The zero-order chi connectivity index (χ0) is 85.1. The number of thiazole rings is 4. The van der Waals surface area contributed by atoms with Crippen LogP contribution in [0.15, 0.2) is 155 Å². The van der Waals surface area contributed by atoms with Crippen LogP contribution in [0.1, 0.15) is 83.1 Å². The summed E-state index contributed by atoms with van der Waals surface area (Å²) in [6, 6.07) is 28.1. The molecule has 0 radical (unpaired) electrons. The van der Waals surface area contributed by atoms with E-state index in [2.05, 4.69) is 165 Å². The number of anilines is 5. The fourth-order valence-corrected chi connectivity index (χ4v) is 18.6. The van der Waals surface area contributed by atoms with Gasteiger partial charge in [-0.25, -0.2) is 34.9 Å². The normalized spacial score (nSPS) is 15.7. The topological polar surface area (TPSA) is 327 Å². The van der Waals surface area contributed by atoms with Crippen LogP contribution in [0.3, 0.4) is 0 Å². The van der Waals surface area contributed by atoms with Crippen LogP contribution in [-0.4, -0.2) is 114 Å². The number of nitrogen functional groups attached to an aromatic ring is 5. The molecule has 0 atom stereocenters. The first-order valence-electron chi connectivity index (χ1n) is 34.7. The number of thiol groups is 1. The Balaban J connectivity index is 0.000000143. The number of nitrogens with one attached hydrogen (secondary N) is 1. The summed E-state index contributed by atoms with van der Waals surface area (Å²) in [6.45, 7) is 24.7. The minimum absolute atomic E-state index is 0.0905. The number of rotatable bonds is 5. The number of halogens is 11. The number of benzene rings is 6. The summed E-state index contributed by atoms with van der Waals surface area (Å²) in [5.74, 6) is 0.675. The first-order valence-corrected chi connectivity index (χ1v) is 44.4. The lowest BCUT2D eigenvalue weighted by Crippen LogP contribution is -2.51. The molecule has 6 aromatic carbocycles. The van der Waals surface area contributed by atoms with Crippen molar-refractivity contribution in [1.29, 1.82) is 0 Å². The average molecular weight is 2060 g/mol. The second kappa shape index (κ2) is 38.4. The van der Waals surface area contributed by atoms with Crippen LogP contribution in [0.4, 0.5) is 28.1 Å². The summed E-state index contributed by atoms with van der Waals surface area (Å²) in [7, 11) is 2.58. The number of fused-ring (bicyclic) bond motifs is 4. The highest BCUT2D eigenvalue weighted by molar-refractivity contribution is 9.11. The highest BCUT2D eigenvalue weighted by Gasteiger charge is 2.64. The van der Waals surface area contributed by atoms with E-state index in [9.17, 15) is 0 Å². The molecule has 0 saturated carbocycles. The van der Waals surface area contributed by atoms with Crippen molar-refractivity contribution in [2.24, 2.45) is 14.1 Å². The van der Waals surface area contributed by atoms with Gasteiger partial charge in [0.1, 0.15) is 39.9 Å². The van der Waals surface area contributed by atoms with E-state index in [1.54, 1.807) is 79.6 Å². The van der Waals surface area contributed by atoms with Crippen molar-refractivity contribution < 1.29 is 23.3 Å². The van der Waals surface area contributed by atoms with Crippen molar-refractivity contribution in [3.63, 3.8) is 0 Å². The Hall–Kier alpha value is -5.29. The van der Waals surface area contributed by atoms with Gasteiger partial charge in [-0.15, -0.1) is 46.6 Å².